The van der Waals surface area contributed by atoms with E-state index in [2.05, 4.69) is 11.9 Å². The summed E-state index contributed by atoms with van der Waals surface area (Å²) in [5.74, 6) is 1.39. The lowest BCUT2D eigenvalue weighted by atomic mass is 10.1. The van der Waals surface area contributed by atoms with E-state index >= 15 is 0 Å². The Hall–Kier alpha value is -1.46. The number of halogens is 1. The molecule has 0 atom stereocenters. The van der Waals surface area contributed by atoms with E-state index in [1.54, 1.807) is 19.2 Å². The van der Waals surface area contributed by atoms with Gasteiger partial charge in [-0.1, -0.05) is 0 Å². The van der Waals surface area contributed by atoms with Gasteiger partial charge in [0.25, 0.3) is 0 Å². The molecule has 6 heteroatoms. The monoisotopic (exact) mass is 299 g/mol. The molecule has 1 heterocycles. The topological polar surface area (TPSA) is 71.6 Å². The van der Waals surface area contributed by atoms with Crippen LogP contribution in [0.5, 0.6) is 11.5 Å². The summed E-state index contributed by atoms with van der Waals surface area (Å²) in [7, 11) is 3.72. The zero-order valence-corrected chi connectivity index (χ0v) is 12.7. The van der Waals surface area contributed by atoms with E-state index in [0.29, 0.717) is 11.3 Å². The van der Waals surface area contributed by atoms with E-state index in [1.807, 2.05) is 6.07 Å². The van der Waals surface area contributed by atoms with Crippen LogP contribution in [0, 0.1) is 5.41 Å². The second-order valence-corrected chi connectivity index (χ2v) is 4.90. The lowest BCUT2D eigenvalue weighted by Gasteiger charge is -2.29. The quantitative estimate of drug-likeness (QED) is 0.658. The van der Waals surface area contributed by atoms with Crippen molar-refractivity contribution in [2.75, 3.05) is 27.2 Å². The van der Waals surface area contributed by atoms with Gasteiger partial charge in [0.15, 0.2) is 11.5 Å². The standard InChI is InChI=1S/C14H21N3O2.ClH/c1-17-7-5-11(6-8-17)19-12-4-3-10(14(15)16)9-13(12)18-2;/h3-4,9,11H,5-8H2,1-2H3,(H3,15,16);1H. The molecular formula is C14H22ClN3O2. The second-order valence-electron chi connectivity index (χ2n) is 4.90. The molecule has 1 fully saturated rings. The Bertz CT molecular complexity index is 460. The van der Waals surface area contributed by atoms with Crippen LogP contribution >= 0.6 is 12.4 Å². The third kappa shape index (κ3) is 4.02. The highest BCUT2D eigenvalue weighted by molar-refractivity contribution is 5.95. The highest BCUT2D eigenvalue weighted by Crippen LogP contribution is 2.30. The van der Waals surface area contributed by atoms with Crippen LogP contribution in [0.15, 0.2) is 18.2 Å². The lowest BCUT2D eigenvalue weighted by Crippen LogP contribution is -2.35. The van der Waals surface area contributed by atoms with Gasteiger partial charge in [0.05, 0.1) is 7.11 Å². The molecule has 0 unspecified atom stereocenters. The van der Waals surface area contributed by atoms with Crippen LogP contribution < -0.4 is 15.2 Å². The number of rotatable bonds is 4. The third-order valence-electron chi connectivity index (χ3n) is 3.43. The number of nitrogen functional groups attached to an aromatic ring is 1. The van der Waals surface area contributed by atoms with Crippen LogP contribution in [0.1, 0.15) is 18.4 Å². The van der Waals surface area contributed by atoms with Crippen LogP contribution in [0.2, 0.25) is 0 Å². The Morgan fingerprint density at radius 2 is 1.95 bits per heavy atom. The molecule has 0 saturated carbocycles. The van der Waals surface area contributed by atoms with E-state index in [0.717, 1.165) is 31.7 Å². The first-order chi connectivity index (χ1) is 9.10. The van der Waals surface area contributed by atoms with Gasteiger partial charge >= 0.3 is 0 Å². The van der Waals surface area contributed by atoms with Crippen molar-refractivity contribution in [3.63, 3.8) is 0 Å². The average molecular weight is 300 g/mol. The number of amidine groups is 1. The summed E-state index contributed by atoms with van der Waals surface area (Å²) in [6.07, 6.45) is 2.27. The molecule has 3 N–H and O–H groups in total. The van der Waals surface area contributed by atoms with Crippen LogP contribution in [0.3, 0.4) is 0 Å². The van der Waals surface area contributed by atoms with Gasteiger partial charge in [-0.15, -0.1) is 12.4 Å². The molecule has 0 amide bonds. The molecule has 0 radical (unpaired) electrons. The zero-order chi connectivity index (χ0) is 13.8. The van der Waals surface area contributed by atoms with E-state index in [1.165, 1.54) is 0 Å². The van der Waals surface area contributed by atoms with Crippen molar-refractivity contribution in [2.24, 2.45) is 5.73 Å². The summed E-state index contributed by atoms with van der Waals surface area (Å²) < 4.78 is 11.3. The highest BCUT2D eigenvalue weighted by atomic mass is 35.5. The Labute approximate surface area is 126 Å². The Morgan fingerprint density at radius 3 is 2.50 bits per heavy atom. The van der Waals surface area contributed by atoms with E-state index in [4.69, 9.17) is 20.6 Å². The zero-order valence-electron chi connectivity index (χ0n) is 11.9. The normalized spacial score (nSPS) is 16.3. The average Bonchev–Trinajstić information content (AvgIpc) is 2.41. The molecule has 1 aromatic carbocycles. The molecule has 2 rings (SSSR count). The predicted octanol–water partition coefficient (Wildman–Crippen LogP) is 1.87. The Kier molecular flexibility index (Phi) is 6.10. The fourth-order valence-electron chi connectivity index (χ4n) is 2.21. The van der Waals surface area contributed by atoms with Crippen molar-refractivity contribution in [3.05, 3.63) is 23.8 Å². The highest BCUT2D eigenvalue weighted by Gasteiger charge is 2.19. The van der Waals surface area contributed by atoms with Crippen molar-refractivity contribution < 1.29 is 9.47 Å². The van der Waals surface area contributed by atoms with Gasteiger partial charge in [0.2, 0.25) is 0 Å². The van der Waals surface area contributed by atoms with Gasteiger partial charge in [0.1, 0.15) is 11.9 Å². The summed E-state index contributed by atoms with van der Waals surface area (Å²) in [5, 5.41) is 7.43. The maximum absolute atomic E-state index is 7.43. The number of methoxy groups -OCH3 is 1. The molecule has 5 nitrogen and oxygen atoms in total. The van der Waals surface area contributed by atoms with Gasteiger partial charge < -0.3 is 20.1 Å². The summed E-state index contributed by atoms with van der Waals surface area (Å²) in [5.41, 5.74) is 6.11. The van der Waals surface area contributed by atoms with E-state index in [9.17, 15) is 0 Å². The smallest absolute Gasteiger partial charge is 0.161 e. The summed E-state index contributed by atoms with van der Waals surface area (Å²) in [6, 6.07) is 5.36. The number of likely N-dealkylation sites (tertiary alicyclic amines) is 1. The third-order valence-corrected chi connectivity index (χ3v) is 3.43. The fraction of sp³-hybridized carbons (Fsp3) is 0.500. The maximum atomic E-state index is 7.43. The molecule has 20 heavy (non-hydrogen) atoms. The minimum atomic E-state index is 0. The number of nitrogens with two attached hydrogens (primary N) is 1. The molecule has 1 saturated heterocycles. The molecular weight excluding hydrogens is 278 g/mol. The number of nitrogens with zero attached hydrogens (tertiary/aromatic N) is 1. The molecule has 1 aliphatic rings. The minimum Gasteiger partial charge on any atom is -0.493 e. The number of hydrogen-bond acceptors (Lipinski definition) is 4. The van der Waals surface area contributed by atoms with Crippen molar-refractivity contribution in [1.29, 1.82) is 5.41 Å². The molecule has 0 spiro atoms. The second kappa shape index (κ2) is 7.36. The molecule has 0 aliphatic carbocycles. The lowest BCUT2D eigenvalue weighted by molar-refractivity contribution is 0.111. The van der Waals surface area contributed by atoms with E-state index in [-0.39, 0.29) is 24.3 Å². The summed E-state index contributed by atoms with van der Waals surface area (Å²) >= 11 is 0. The summed E-state index contributed by atoms with van der Waals surface area (Å²) in [6.45, 7) is 2.11. The predicted molar refractivity (Wildman–Crippen MR) is 82.4 cm³/mol. The van der Waals surface area contributed by atoms with Crippen LogP contribution in [0.4, 0.5) is 0 Å². The van der Waals surface area contributed by atoms with Crippen molar-refractivity contribution >= 4 is 18.2 Å². The van der Waals surface area contributed by atoms with Crippen molar-refractivity contribution in [1.82, 2.24) is 4.90 Å². The number of hydrogen-bond donors (Lipinski definition) is 2. The largest absolute Gasteiger partial charge is 0.493 e. The molecule has 112 valence electrons. The van der Waals surface area contributed by atoms with Gasteiger partial charge in [-0.25, -0.2) is 0 Å². The molecule has 1 aliphatic heterocycles. The number of benzene rings is 1. The summed E-state index contributed by atoms with van der Waals surface area (Å²) in [4.78, 5) is 2.30. The van der Waals surface area contributed by atoms with Crippen LogP contribution in [-0.4, -0.2) is 44.1 Å². The van der Waals surface area contributed by atoms with Crippen LogP contribution in [0.25, 0.3) is 0 Å². The number of nitrogens with one attached hydrogen (secondary N) is 1. The van der Waals surface area contributed by atoms with Crippen molar-refractivity contribution in [3.8, 4) is 11.5 Å². The van der Waals surface area contributed by atoms with Gasteiger partial charge in [-0.3, -0.25) is 5.41 Å². The first-order valence-corrected chi connectivity index (χ1v) is 6.48. The molecule has 1 aromatic rings. The first kappa shape index (κ1) is 16.6. The first-order valence-electron chi connectivity index (χ1n) is 6.48. The Morgan fingerprint density at radius 1 is 1.30 bits per heavy atom. The Balaban J connectivity index is 0.00000200. The molecule has 0 aromatic heterocycles. The van der Waals surface area contributed by atoms with E-state index < -0.39 is 0 Å². The van der Waals surface area contributed by atoms with Crippen molar-refractivity contribution in [2.45, 2.75) is 18.9 Å². The number of ether oxygens (including phenoxy) is 2. The maximum Gasteiger partial charge on any atom is 0.161 e. The minimum absolute atomic E-state index is 0. The molecule has 0 bridgehead atoms. The van der Waals surface area contributed by atoms with Gasteiger partial charge in [0, 0.05) is 18.7 Å². The fourth-order valence-corrected chi connectivity index (χ4v) is 2.21. The number of piperidine rings is 1. The van der Waals surface area contributed by atoms with Gasteiger partial charge in [-0.2, -0.15) is 0 Å². The van der Waals surface area contributed by atoms with Gasteiger partial charge in [-0.05, 0) is 38.1 Å². The SMILES string of the molecule is COc1cc(C(=N)N)ccc1OC1CCN(C)CC1.Cl. The van der Waals surface area contributed by atoms with Crippen LogP contribution in [-0.2, 0) is 0 Å².